The first-order valence-corrected chi connectivity index (χ1v) is 5.79. The molecule has 0 aromatic heterocycles. The lowest BCUT2D eigenvalue weighted by atomic mass is 9.87. The average Bonchev–Trinajstić information content (AvgIpc) is 2.38. The van der Waals surface area contributed by atoms with E-state index in [4.69, 9.17) is 10.4 Å². The van der Waals surface area contributed by atoms with Crippen LogP contribution in [0.1, 0.15) is 29.9 Å². The van der Waals surface area contributed by atoms with E-state index in [1.807, 2.05) is 6.07 Å². The number of hydrogen-bond acceptors (Lipinski definition) is 2. The topological polar surface area (TPSA) is 64.3 Å². The van der Waals surface area contributed by atoms with E-state index in [1.165, 1.54) is 17.0 Å². The fourth-order valence-electron chi connectivity index (χ4n) is 2.36. The first kappa shape index (κ1) is 12.4. The highest BCUT2D eigenvalue weighted by Crippen LogP contribution is 2.30. The highest BCUT2D eigenvalue weighted by molar-refractivity contribution is 5.65. The van der Waals surface area contributed by atoms with Crippen molar-refractivity contribution in [1.82, 2.24) is 4.90 Å². The lowest BCUT2D eigenvalue weighted by Crippen LogP contribution is -2.36. The maximum atomic E-state index is 13.0. The summed E-state index contributed by atoms with van der Waals surface area (Å²) in [6, 6.07) is 6.21. The molecular formula is C13H13FN2O2. The van der Waals surface area contributed by atoms with Crippen LogP contribution in [0.4, 0.5) is 9.18 Å². The van der Waals surface area contributed by atoms with E-state index in [0.29, 0.717) is 31.5 Å². The van der Waals surface area contributed by atoms with E-state index >= 15 is 0 Å². The lowest BCUT2D eigenvalue weighted by molar-refractivity contribution is 0.132. The van der Waals surface area contributed by atoms with Crippen LogP contribution in [0.5, 0.6) is 0 Å². The molecule has 0 bridgehead atoms. The van der Waals surface area contributed by atoms with Gasteiger partial charge >= 0.3 is 6.09 Å². The predicted molar refractivity (Wildman–Crippen MR) is 62.7 cm³/mol. The largest absolute Gasteiger partial charge is 0.465 e. The summed E-state index contributed by atoms with van der Waals surface area (Å²) in [7, 11) is 0. The third-order valence-electron chi connectivity index (χ3n) is 3.34. The van der Waals surface area contributed by atoms with Gasteiger partial charge in [-0.2, -0.15) is 5.26 Å². The Balaban J connectivity index is 2.15. The van der Waals surface area contributed by atoms with Gasteiger partial charge in [-0.15, -0.1) is 0 Å². The molecule has 1 N–H and O–H groups in total. The monoisotopic (exact) mass is 248 g/mol. The molecule has 94 valence electrons. The standard InChI is InChI=1S/C13H13FN2O2/c14-11-1-2-12(10(7-11)8-15)9-3-5-16(6-4-9)13(17)18/h1-2,7,9H,3-6H2,(H,17,18). The molecule has 1 fully saturated rings. The minimum absolute atomic E-state index is 0.135. The summed E-state index contributed by atoms with van der Waals surface area (Å²) in [5.41, 5.74) is 1.17. The van der Waals surface area contributed by atoms with Crippen molar-refractivity contribution in [2.75, 3.05) is 13.1 Å². The summed E-state index contributed by atoms with van der Waals surface area (Å²) in [6.45, 7) is 0.921. The van der Waals surface area contributed by atoms with Crippen molar-refractivity contribution in [3.63, 3.8) is 0 Å². The zero-order valence-corrected chi connectivity index (χ0v) is 9.77. The maximum Gasteiger partial charge on any atom is 0.407 e. The van der Waals surface area contributed by atoms with Crippen LogP contribution < -0.4 is 0 Å². The van der Waals surface area contributed by atoms with Gasteiger partial charge in [0, 0.05) is 13.1 Å². The lowest BCUT2D eigenvalue weighted by Gasteiger charge is -2.30. The zero-order chi connectivity index (χ0) is 13.1. The molecule has 1 amide bonds. The van der Waals surface area contributed by atoms with E-state index < -0.39 is 11.9 Å². The van der Waals surface area contributed by atoms with Crippen molar-refractivity contribution in [2.24, 2.45) is 0 Å². The quantitative estimate of drug-likeness (QED) is 0.830. The van der Waals surface area contributed by atoms with E-state index in [0.717, 1.165) is 5.56 Å². The third kappa shape index (κ3) is 2.43. The molecule has 1 aliphatic rings. The Labute approximate surface area is 104 Å². The van der Waals surface area contributed by atoms with E-state index in [-0.39, 0.29) is 5.92 Å². The Morgan fingerprint density at radius 1 is 1.44 bits per heavy atom. The summed E-state index contributed by atoms with van der Waals surface area (Å²) < 4.78 is 13.0. The number of rotatable bonds is 1. The fourth-order valence-corrected chi connectivity index (χ4v) is 2.36. The Kier molecular flexibility index (Phi) is 3.47. The van der Waals surface area contributed by atoms with Crippen molar-refractivity contribution < 1.29 is 14.3 Å². The number of carboxylic acid groups (broad SMARTS) is 1. The number of amides is 1. The molecule has 1 aromatic carbocycles. The van der Waals surface area contributed by atoms with Gasteiger partial charge in [0.15, 0.2) is 0 Å². The van der Waals surface area contributed by atoms with Crippen LogP contribution in [-0.4, -0.2) is 29.2 Å². The zero-order valence-electron chi connectivity index (χ0n) is 9.77. The SMILES string of the molecule is N#Cc1cc(F)ccc1C1CCN(C(=O)O)CC1. The Morgan fingerprint density at radius 3 is 2.67 bits per heavy atom. The van der Waals surface area contributed by atoms with Crippen LogP contribution in [0, 0.1) is 17.1 Å². The molecule has 18 heavy (non-hydrogen) atoms. The molecule has 0 aliphatic carbocycles. The maximum absolute atomic E-state index is 13.0. The van der Waals surface area contributed by atoms with Crippen molar-refractivity contribution in [3.05, 3.63) is 35.1 Å². The molecule has 1 aromatic rings. The fraction of sp³-hybridized carbons (Fsp3) is 0.385. The van der Waals surface area contributed by atoms with Gasteiger partial charge in [0.1, 0.15) is 5.82 Å². The van der Waals surface area contributed by atoms with Gasteiger partial charge in [0.25, 0.3) is 0 Å². The van der Waals surface area contributed by atoms with Crippen molar-refractivity contribution >= 4 is 6.09 Å². The number of nitrogens with zero attached hydrogens (tertiary/aromatic N) is 2. The van der Waals surface area contributed by atoms with Gasteiger partial charge in [-0.05, 0) is 36.5 Å². The van der Waals surface area contributed by atoms with Crippen LogP contribution in [0.3, 0.4) is 0 Å². The minimum Gasteiger partial charge on any atom is -0.465 e. The summed E-state index contributed by atoms with van der Waals surface area (Å²) in [4.78, 5) is 12.2. The van der Waals surface area contributed by atoms with Crippen LogP contribution in [0.15, 0.2) is 18.2 Å². The second kappa shape index (κ2) is 5.05. The molecular weight excluding hydrogens is 235 g/mol. The molecule has 0 spiro atoms. The summed E-state index contributed by atoms with van der Waals surface area (Å²) in [5.74, 6) is -0.283. The molecule has 1 heterocycles. The molecule has 2 rings (SSSR count). The molecule has 5 heteroatoms. The Morgan fingerprint density at radius 2 is 2.11 bits per heavy atom. The van der Waals surface area contributed by atoms with Crippen molar-refractivity contribution in [2.45, 2.75) is 18.8 Å². The van der Waals surface area contributed by atoms with Crippen molar-refractivity contribution in [1.29, 1.82) is 5.26 Å². The number of carbonyl (C=O) groups is 1. The molecule has 0 unspecified atom stereocenters. The summed E-state index contributed by atoms with van der Waals surface area (Å²) in [5, 5.41) is 17.8. The van der Waals surface area contributed by atoms with E-state index in [9.17, 15) is 9.18 Å². The summed E-state index contributed by atoms with van der Waals surface area (Å²) >= 11 is 0. The smallest absolute Gasteiger partial charge is 0.407 e. The predicted octanol–water partition coefficient (Wildman–Crippen LogP) is 2.55. The molecule has 0 radical (unpaired) electrons. The van der Waals surface area contributed by atoms with Crippen LogP contribution in [0.25, 0.3) is 0 Å². The highest BCUT2D eigenvalue weighted by atomic mass is 19.1. The minimum atomic E-state index is -0.909. The Bertz CT molecular complexity index is 502. The van der Waals surface area contributed by atoms with E-state index in [2.05, 4.69) is 0 Å². The molecule has 1 saturated heterocycles. The number of nitriles is 1. The average molecular weight is 248 g/mol. The van der Waals surface area contributed by atoms with Crippen LogP contribution in [0.2, 0.25) is 0 Å². The number of halogens is 1. The normalized spacial score (nSPS) is 16.3. The highest BCUT2D eigenvalue weighted by Gasteiger charge is 2.25. The summed E-state index contributed by atoms with van der Waals surface area (Å²) in [6.07, 6.45) is 0.437. The molecule has 4 nitrogen and oxygen atoms in total. The van der Waals surface area contributed by atoms with Gasteiger partial charge in [-0.1, -0.05) is 6.07 Å². The molecule has 0 saturated carbocycles. The van der Waals surface area contributed by atoms with Gasteiger partial charge in [0.05, 0.1) is 11.6 Å². The van der Waals surface area contributed by atoms with Gasteiger partial charge in [-0.3, -0.25) is 0 Å². The molecule has 0 atom stereocenters. The van der Waals surface area contributed by atoms with Gasteiger partial charge < -0.3 is 10.0 Å². The third-order valence-corrected chi connectivity index (χ3v) is 3.34. The van der Waals surface area contributed by atoms with Crippen LogP contribution in [-0.2, 0) is 0 Å². The van der Waals surface area contributed by atoms with Gasteiger partial charge in [0.2, 0.25) is 0 Å². The number of hydrogen-bond donors (Lipinski definition) is 1. The first-order valence-electron chi connectivity index (χ1n) is 5.79. The van der Waals surface area contributed by atoms with E-state index in [1.54, 1.807) is 6.07 Å². The number of likely N-dealkylation sites (tertiary alicyclic amines) is 1. The van der Waals surface area contributed by atoms with Crippen molar-refractivity contribution in [3.8, 4) is 6.07 Å². The second-order valence-corrected chi connectivity index (χ2v) is 4.39. The second-order valence-electron chi connectivity index (χ2n) is 4.39. The number of piperidine rings is 1. The molecule has 1 aliphatic heterocycles. The van der Waals surface area contributed by atoms with Gasteiger partial charge in [-0.25, -0.2) is 9.18 Å². The number of benzene rings is 1. The van der Waals surface area contributed by atoms with Crippen LogP contribution >= 0.6 is 0 Å². The Hall–Kier alpha value is -2.09. The first-order chi connectivity index (χ1) is 8.61.